The molecule has 0 fully saturated rings. The zero-order valence-electron chi connectivity index (χ0n) is 12.0. The van der Waals surface area contributed by atoms with Crippen molar-refractivity contribution < 1.29 is 36.0 Å². The Kier molecular flexibility index (Phi) is 2.82. The molecule has 4 aliphatic carbocycles. The van der Waals surface area contributed by atoms with Crippen LogP contribution in [0.15, 0.2) is 27.8 Å². The summed E-state index contributed by atoms with van der Waals surface area (Å²) in [5.74, 6) is -3.31. The van der Waals surface area contributed by atoms with Crippen molar-refractivity contribution >= 4 is 9.84 Å². The van der Waals surface area contributed by atoms with Crippen molar-refractivity contribution in [3.05, 3.63) is 49.8 Å². The lowest BCUT2D eigenvalue weighted by molar-refractivity contribution is -0.809. The highest BCUT2D eigenvalue weighted by Gasteiger charge is 2.73. The SMILES string of the molecule is O=[N+]([O-])[C@]12C=C(S(=O)(=O)C(F)(F)F)[C@H](c3c1no[n+]3[O-])[C@H]1CC=C[C@H]12. The minimum Gasteiger partial charge on any atom is -0.359 e. The lowest BCUT2D eigenvalue weighted by atomic mass is 9.60. The van der Waals surface area contributed by atoms with Crippen LogP contribution in [-0.4, -0.2) is 24.0 Å². The number of aromatic nitrogens is 2. The summed E-state index contributed by atoms with van der Waals surface area (Å²) in [6.45, 7) is 0. The van der Waals surface area contributed by atoms with Gasteiger partial charge in [-0.3, -0.25) is 14.7 Å². The third-order valence-electron chi connectivity index (χ3n) is 5.05. The lowest BCUT2D eigenvalue weighted by Gasteiger charge is -2.42. The molecule has 1 aromatic rings. The molecule has 2 bridgehead atoms. The Morgan fingerprint density at radius 3 is 2.72 bits per heavy atom. The van der Waals surface area contributed by atoms with E-state index in [4.69, 9.17) is 0 Å². The van der Waals surface area contributed by atoms with Gasteiger partial charge in [-0.15, -0.1) is 0 Å². The molecule has 0 N–H and O–H groups in total. The predicted octanol–water partition coefficient (Wildman–Crippen LogP) is 0.902. The summed E-state index contributed by atoms with van der Waals surface area (Å²) in [5, 5.41) is 27.0. The highest BCUT2D eigenvalue weighted by Crippen LogP contribution is 2.62. The minimum absolute atomic E-state index is 0.0975. The molecule has 0 saturated heterocycles. The first kappa shape index (κ1) is 16.1. The molecule has 9 nitrogen and oxygen atoms in total. The first-order valence-electron chi connectivity index (χ1n) is 6.99. The molecule has 1 aromatic heterocycles. The topological polar surface area (TPSA) is 130 Å². The zero-order valence-corrected chi connectivity index (χ0v) is 12.8. The van der Waals surface area contributed by atoms with Gasteiger partial charge in [0.2, 0.25) is 5.69 Å². The molecule has 25 heavy (non-hydrogen) atoms. The number of halogens is 3. The van der Waals surface area contributed by atoms with Gasteiger partial charge in [0.1, 0.15) is 0 Å². The van der Waals surface area contributed by atoms with E-state index in [1.54, 1.807) is 0 Å². The quantitative estimate of drug-likeness (QED) is 0.323. The van der Waals surface area contributed by atoms with Crippen LogP contribution in [0.5, 0.6) is 0 Å². The molecule has 0 amide bonds. The van der Waals surface area contributed by atoms with Gasteiger partial charge in [0.15, 0.2) is 0 Å². The van der Waals surface area contributed by atoms with Gasteiger partial charge in [-0.2, -0.15) is 13.2 Å². The van der Waals surface area contributed by atoms with E-state index in [-0.39, 0.29) is 11.3 Å². The number of allylic oxidation sites excluding steroid dienone is 2. The number of hydrogen-bond acceptors (Lipinski definition) is 7. The predicted molar refractivity (Wildman–Crippen MR) is 70.7 cm³/mol. The fraction of sp³-hybridized carbons (Fsp3) is 0.500. The van der Waals surface area contributed by atoms with Crippen LogP contribution in [0.25, 0.3) is 0 Å². The van der Waals surface area contributed by atoms with E-state index < -0.39 is 59.9 Å². The average molecular weight is 379 g/mol. The Balaban J connectivity index is 2.09. The number of hydrogen-bond donors (Lipinski definition) is 0. The Labute approximate surface area is 137 Å². The van der Waals surface area contributed by atoms with E-state index in [2.05, 4.69) is 9.79 Å². The molecule has 13 heteroatoms. The summed E-state index contributed by atoms with van der Waals surface area (Å²) in [6.07, 6.45) is 3.54. The first-order chi connectivity index (χ1) is 11.5. The van der Waals surface area contributed by atoms with Crippen LogP contribution >= 0.6 is 0 Å². The van der Waals surface area contributed by atoms with Crippen molar-refractivity contribution in [3.8, 4) is 0 Å². The van der Waals surface area contributed by atoms with Gasteiger partial charge in [-0.1, -0.05) is 12.2 Å². The summed E-state index contributed by atoms with van der Waals surface area (Å²) < 4.78 is 67.6. The molecule has 0 aliphatic heterocycles. The number of nitro groups is 1. The van der Waals surface area contributed by atoms with Gasteiger partial charge in [-0.25, -0.2) is 8.42 Å². The van der Waals surface area contributed by atoms with E-state index in [1.165, 1.54) is 12.2 Å². The second-order valence-electron chi connectivity index (χ2n) is 6.07. The molecule has 0 unspecified atom stereocenters. The summed E-state index contributed by atoms with van der Waals surface area (Å²) in [4.78, 5) is 9.48. The van der Waals surface area contributed by atoms with Gasteiger partial charge in [0.05, 0.1) is 16.7 Å². The van der Waals surface area contributed by atoms with E-state index in [0.29, 0.717) is 6.08 Å². The molecule has 4 atom stereocenters. The Hall–Kier alpha value is -2.44. The van der Waals surface area contributed by atoms with Crippen LogP contribution in [-0.2, 0) is 15.4 Å². The number of nitrogens with zero attached hydrogens (tertiary/aromatic N) is 3. The number of alkyl halides is 3. The summed E-state index contributed by atoms with van der Waals surface area (Å²) in [6, 6.07) is 0. The van der Waals surface area contributed by atoms with Crippen molar-refractivity contribution in [2.45, 2.75) is 23.4 Å². The normalized spacial score (nSPS) is 33.1. The zero-order chi connectivity index (χ0) is 18.4. The second-order valence-corrected chi connectivity index (χ2v) is 8.01. The first-order valence-corrected chi connectivity index (χ1v) is 8.47. The number of rotatable bonds is 2. The van der Waals surface area contributed by atoms with Crippen LogP contribution in [0.1, 0.15) is 23.7 Å². The van der Waals surface area contributed by atoms with Crippen LogP contribution in [0.3, 0.4) is 0 Å². The third kappa shape index (κ3) is 1.66. The van der Waals surface area contributed by atoms with Crippen molar-refractivity contribution in [1.29, 1.82) is 0 Å². The van der Waals surface area contributed by atoms with Gasteiger partial charge in [0, 0.05) is 16.2 Å². The van der Waals surface area contributed by atoms with Crippen molar-refractivity contribution in [2.75, 3.05) is 0 Å². The van der Waals surface area contributed by atoms with Crippen LogP contribution in [0.4, 0.5) is 13.2 Å². The standard InChI is InChI=1S/C12H8F3N3O6S/c13-12(14,15)25(22,23)7-4-11(18(20)21)6-3-1-2-5(6)8(7)9-10(11)16-24-17(9)19/h1,3-6,8H,2H2/t5-,6+,8+,11-/m0/s1. The van der Waals surface area contributed by atoms with E-state index in [0.717, 1.165) is 0 Å². The maximum atomic E-state index is 13.1. The summed E-state index contributed by atoms with van der Waals surface area (Å²) >= 11 is 0. The van der Waals surface area contributed by atoms with Gasteiger partial charge >= 0.3 is 16.7 Å². The molecule has 134 valence electrons. The molecular weight excluding hydrogens is 371 g/mol. The summed E-state index contributed by atoms with van der Waals surface area (Å²) in [5.41, 5.74) is -9.05. The maximum Gasteiger partial charge on any atom is 0.501 e. The molecule has 1 heterocycles. The lowest BCUT2D eigenvalue weighted by Crippen LogP contribution is -2.56. The minimum atomic E-state index is -5.87. The smallest absolute Gasteiger partial charge is 0.359 e. The van der Waals surface area contributed by atoms with E-state index in [1.807, 2.05) is 0 Å². The fourth-order valence-corrected chi connectivity index (χ4v) is 5.32. The third-order valence-corrected chi connectivity index (χ3v) is 6.66. The highest BCUT2D eigenvalue weighted by molar-refractivity contribution is 7.96. The highest BCUT2D eigenvalue weighted by atomic mass is 32.2. The molecule has 0 aromatic carbocycles. The van der Waals surface area contributed by atoms with E-state index >= 15 is 0 Å². The van der Waals surface area contributed by atoms with Crippen LogP contribution < -0.4 is 4.90 Å². The van der Waals surface area contributed by atoms with Crippen LogP contribution in [0.2, 0.25) is 0 Å². The molecule has 4 aliphatic rings. The molecule has 5 rings (SSSR count). The van der Waals surface area contributed by atoms with Gasteiger partial charge in [-0.05, 0) is 17.2 Å². The van der Waals surface area contributed by atoms with Crippen molar-refractivity contribution in [2.24, 2.45) is 11.8 Å². The van der Waals surface area contributed by atoms with Crippen LogP contribution in [0, 0.1) is 27.2 Å². The molecular formula is C12H8F3N3O6S. The molecule has 0 radical (unpaired) electrons. The second kappa shape index (κ2) is 4.39. The Bertz CT molecular complexity index is 965. The van der Waals surface area contributed by atoms with Crippen molar-refractivity contribution in [3.63, 3.8) is 0 Å². The largest absolute Gasteiger partial charge is 0.501 e. The monoisotopic (exact) mass is 379 g/mol. The van der Waals surface area contributed by atoms with Crippen molar-refractivity contribution in [1.82, 2.24) is 5.16 Å². The molecule has 0 saturated carbocycles. The van der Waals surface area contributed by atoms with E-state index in [9.17, 15) is 36.9 Å². The summed E-state index contributed by atoms with van der Waals surface area (Å²) in [7, 11) is -5.87. The Morgan fingerprint density at radius 1 is 1.44 bits per heavy atom. The van der Waals surface area contributed by atoms with Gasteiger partial charge in [0.25, 0.3) is 9.84 Å². The fourth-order valence-electron chi connectivity index (χ4n) is 4.10. The molecule has 0 spiro atoms. The maximum absolute atomic E-state index is 13.1. The average Bonchev–Trinajstić information content (AvgIpc) is 3.14. The van der Waals surface area contributed by atoms with Gasteiger partial charge < -0.3 is 5.21 Å². The Morgan fingerprint density at radius 2 is 2.12 bits per heavy atom. The number of sulfone groups is 1.